The molecule has 0 spiro atoms. The molecule has 4 bridgehead atoms. The Morgan fingerprint density at radius 3 is 2.15 bits per heavy atom. The largest absolute Gasteiger partial charge is 0.339 e. The highest BCUT2D eigenvalue weighted by molar-refractivity contribution is 5.84. The second kappa shape index (κ2) is 8.78. The van der Waals surface area contributed by atoms with Crippen molar-refractivity contribution in [2.75, 3.05) is 26.2 Å². The quantitative estimate of drug-likeness (QED) is 0.659. The number of carbonyl (C=O) groups excluding carboxylic acids is 2. The van der Waals surface area contributed by atoms with E-state index in [4.69, 9.17) is 0 Å². The van der Waals surface area contributed by atoms with Gasteiger partial charge >= 0.3 is 0 Å². The molecular formula is C26H34N6O2. The SMILES string of the molecule is O=C(CCCn1nnc(-c2ccccc2)n1)N1CCN(C(=O)C23CC4CC(CC(C4)C2)C3)CC1. The molecule has 0 atom stereocenters. The Morgan fingerprint density at radius 1 is 0.882 bits per heavy atom. The van der Waals surface area contributed by atoms with Crippen LogP contribution in [0.4, 0.5) is 0 Å². The summed E-state index contributed by atoms with van der Waals surface area (Å²) in [5, 5.41) is 12.7. The molecule has 0 radical (unpaired) electrons. The van der Waals surface area contributed by atoms with Gasteiger partial charge in [0.1, 0.15) is 0 Å². The average Bonchev–Trinajstić information content (AvgIpc) is 3.32. The molecule has 2 heterocycles. The Bertz CT molecular complexity index is 1010. The monoisotopic (exact) mass is 462 g/mol. The average molecular weight is 463 g/mol. The lowest BCUT2D eigenvalue weighted by molar-refractivity contribution is -0.160. The Balaban J connectivity index is 0.969. The molecule has 1 aromatic carbocycles. The van der Waals surface area contributed by atoms with Gasteiger partial charge in [0.2, 0.25) is 17.6 Å². The van der Waals surface area contributed by atoms with Crippen molar-refractivity contribution in [1.82, 2.24) is 30.0 Å². The predicted molar refractivity (Wildman–Crippen MR) is 126 cm³/mol. The second-order valence-corrected chi connectivity index (χ2v) is 11.0. The zero-order chi connectivity index (χ0) is 23.1. The summed E-state index contributed by atoms with van der Waals surface area (Å²) in [7, 11) is 0. The van der Waals surface area contributed by atoms with Crippen LogP contribution in [0.1, 0.15) is 51.4 Å². The van der Waals surface area contributed by atoms with Gasteiger partial charge in [-0.25, -0.2) is 0 Å². The van der Waals surface area contributed by atoms with Gasteiger partial charge in [0.15, 0.2) is 0 Å². The van der Waals surface area contributed by atoms with Crippen LogP contribution in [-0.4, -0.2) is 68.0 Å². The molecule has 4 aliphatic carbocycles. The third-order valence-electron chi connectivity index (χ3n) is 8.65. The van der Waals surface area contributed by atoms with Crippen molar-refractivity contribution < 1.29 is 9.59 Å². The van der Waals surface area contributed by atoms with E-state index in [9.17, 15) is 9.59 Å². The van der Waals surface area contributed by atoms with Crippen molar-refractivity contribution in [3.05, 3.63) is 30.3 Å². The van der Waals surface area contributed by atoms with Crippen LogP contribution in [0.2, 0.25) is 0 Å². The minimum atomic E-state index is -0.0790. The van der Waals surface area contributed by atoms with Crippen LogP contribution in [0.25, 0.3) is 11.4 Å². The van der Waals surface area contributed by atoms with Crippen molar-refractivity contribution >= 4 is 11.8 Å². The first-order valence-corrected chi connectivity index (χ1v) is 13.0. The van der Waals surface area contributed by atoms with Crippen LogP contribution in [0.5, 0.6) is 0 Å². The van der Waals surface area contributed by atoms with Gasteiger partial charge in [0.05, 0.1) is 12.0 Å². The zero-order valence-corrected chi connectivity index (χ0v) is 19.8. The van der Waals surface area contributed by atoms with Crippen LogP contribution in [-0.2, 0) is 16.1 Å². The third-order valence-corrected chi connectivity index (χ3v) is 8.65. The normalized spacial score (nSPS) is 30.1. The number of piperazine rings is 1. The third kappa shape index (κ3) is 4.12. The van der Waals surface area contributed by atoms with E-state index in [1.54, 1.807) is 4.80 Å². The van der Waals surface area contributed by atoms with E-state index in [0.717, 1.165) is 42.6 Å². The van der Waals surface area contributed by atoms with Gasteiger partial charge in [-0.15, -0.1) is 10.2 Å². The molecule has 1 saturated heterocycles. The number of hydrogen-bond acceptors (Lipinski definition) is 5. The first kappa shape index (κ1) is 21.7. The Morgan fingerprint density at radius 2 is 1.50 bits per heavy atom. The van der Waals surface area contributed by atoms with Gasteiger partial charge in [-0.1, -0.05) is 30.3 Å². The molecule has 0 N–H and O–H groups in total. The molecule has 1 aromatic heterocycles. The van der Waals surface area contributed by atoms with Crippen LogP contribution < -0.4 is 0 Å². The Hall–Kier alpha value is -2.77. The highest BCUT2D eigenvalue weighted by atomic mass is 16.2. The summed E-state index contributed by atoms with van der Waals surface area (Å²) in [6, 6.07) is 9.77. The highest BCUT2D eigenvalue weighted by Crippen LogP contribution is 2.60. The molecular weight excluding hydrogens is 428 g/mol. The van der Waals surface area contributed by atoms with Gasteiger partial charge in [-0.2, -0.15) is 4.80 Å². The summed E-state index contributed by atoms with van der Waals surface area (Å²) in [5.41, 5.74) is 0.857. The Kier molecular flexibility index (Phi) is 5.62. The first-order chi connectivity index (χ1) is 16.6. The van der Waals surface area contributed by atoms with E-state index in [-0.39, 0.29) is 11.3 Å². The maximum Gasteiger partial charge on any atom is 0.228 e. The summed E-state index contributed by atoms with van der Waals surface area (Å²) in [4.78, 5) is 31.9. The molecule has 2 aromatic rings. The van der Waals surface area contributed by atoms with Crippen LogP contribution in [0.15, 0.2) is 30.3 Å². The van der Waals surface area contributed by atoms with Gasteiger partial charge in [-0.3, -0.25) is 9.59 Å². The van der Waals surface area contributed by atoms with Crippen molar-refractivity contribution in [1.29, 1.82) is 0 Å². The molecule has 8 nitrogen and oxygen atoms in total. The van der Waals surface area contributed by atoms with E-state index >= 15 is 0 Å². The Labute approximate surface area is 200 Å². The standard InChI is InChI=1S/C26H34N6O2/c33-23(7-4-8-32-28-24(27-29-32)22-5-2-1-3-6-22)30-9-11-31(12-10-30)25(34)26-16-19-13-20(17-26)15-21(14-19)18-26/h1-3,5-6,19-21H,4,7-18H2. The van der Waals surface area contributed by atoms with E-state index in [0.29, 0.717) is 57.3 Å². The summed E-state index contributed by atoms with van der Waals surface area (Å²) in [5.74, 6) is 3.49. The summed E-state index contributed by atoms with van der Waals surface area (Å²) in [6.45, 7) is 3.22. The molecule has 5 fully saturated rings. The van der Waals surface area contributed by atoms with Crippen molar-refractivity contribution in [2.45, 2.75) is 57.9 Å². The number of tetrazole rings is 1. The summed E-state index contributed by atoms with van der Waals surface area (Å²) >= 11 is 0. The number of hydrogen-bond donors (Lipinski definition) is 0. The topological polar surface area (TPSA) is 84.2 Å². The van der Waals surface area contributed by atoms with E-state index < -0.39 is 0 Å². The zero-order valence-electron chi connectivity index (χ0n) is 19.8. The molecule has 7 rings (SSSR count). The lowest BCUT2D eigenvalue weighted by Gasteiger charge is -2.57. The fraction of sp³-hybridized carbons (Fsp3) is 0.654. The van der Waals surface area contributed by atoms with Crippen molar-refractivity contribution in [3.8, 4) is 11.4 Å². The second-order valence-electron chi connectivity index (χ2n) is 11.0. The van der Waals surface area contributed by atoms with Gasteiger partial charge in [0.25, 0.3) is 0 Å². The fourth-order valence-electron chi connectivity index (χ4n) is 7.44. The first-order valence-electron chi connectivity index (χ1n) is 13.0. The maximum absolute atomic E-state index is 13.6. The minimum Gasteiger partial charge on any atom is -0.339 e. The van der Waals surface area contributed by atoms with Crippen LogP contribution in [0, 0.1) is 23.2 Å². The molecule has 2 amide bonds. The molecule has 180 valence electrons. The number of amides is 2. The number of benzene rings is 1. The number of nitrogens with zero attached hydrogens (tertiary/aromatic N) is 6. The van der Waals surface area contributed by atoms with Crippen molar-refractivity contribution in [3.63, 3.8) is 0 Å². The maximum atomic E-state index is 13.6. The number of carbonyl (C=O) groups is 2. The summed E-state index contributed by atoms with van der Waals surface area (Å²) < 4.78 is 0. The number of rotatable bonds is 6. The summed E-state index contributed by atoms with van der Waals surface area (Å²) in [6.07, 6.45) is 8.53. The van der Waals surface area contributed by atoms with Gasteiger partial charge in [-0.05, 0) is 67.9 Å². The van der Waals surface area contributed by atoms with Gasteiger partial charge < -0.3 is 9.80 Å². The van der Waals surface area contributed by atoms with Gasteiger partial charge in [0, 0.05) is 38.2 Å². The van der Waals surface area contributed by atoms with E-state index in [1.165, 1.54) is 19.3 Å². The fourth-order valence-corrected chi connectivity index (χ4v) is 7.44. The molecule has 5 aliphatic rings. The van der Waals surface area contributed by atoms with Crippen LogP contribution >= 0.6 is 0 Å². The molecule has 4 saturated carbocycles. The molecule has 34 heavy (non-hydrogen) atoms. The minimum absolute atomic E-state index is 0.0790. The lowest BCUT2D eigenvalue weighted by atomic mass is 9.49. The number of aryl methyl sites for hydroxylation is 1. The predicted octanol–water partition coefficient (Wildman–Crippen LogP) is 3.01. The van der Waals surface area contributed by atoms with E-state index in [2.05, 4.69) is 20.3 Å². The van der Waals surface area contributed by atoms with Crippen molar-refractivity contribution in [2.24, 2.45) is 23.2 Å². The molecule has 1 aliphatic heterocycles. The lowest BCUT2D eigenvalue weighted by Crippen LogP contribution is -2.58. The van der Waals surface area contributed by atoms with Crippen LogP contribution in [0.3, 0.4) is 0 Å². The highest BCUT2D eigenvalue weighted by Gasteiger charge is 2.55. The smallest absolute Gasteiger partial charge is 0.228 e. The van der Waals surface area contributed by atoms with E-state index in [1.807, 2.05) is 35.2 Å². The molecule has 8 heteroatoms. The molecule has 0 unspecified atom stereocenters. The number of aromatic nitrogens is 4.